The molecule has 0 saturated carbocycles. The van der Waals surface area contributed by atoms with Gasteiger partial charge in [0.2, 0.25) is 53.2 Å². The number of benzene rings is 1. The Bertz CT molecular complexity index is 1970. The van der Waals surface area contributed by atoms with E-state index in [9.17, 15) is 48.3 Å². The van der Waals surface area contributed by atoms with Crippen LogP contribution >= 0.6 is 0 Å². The molecule has 0 aromatic heterocycles. The zero-order chi connectivity index (χ0) is 53.1. The van der Waals surface area contributed by atoms with Crippen LogP contribution in [0.5, 0.6) is 5.75 Å². The number of nitrogens with zero attached hydrogens (tertiary/aromatic N) is 2. The molecule has 0 saturated heterocycles. The second-order valence-electron chi connectivity index (χ2n) is 17.5. The molecule has 0 spiro atoms. The molecule has 0 radical (unpaired) electrons. The first kappa shape index (κ1) is 60.8. The lowest BCUT2D eigenvalue weighted by Gasteiger charge is -2.29. The molecule has 7 atom stereocenters. The smallest absolute Gasteiger partial charge is 0.243 e. The number of phenolic OH excluding ortho intramolecular Hbond substituents is 1. The molecular formula is C44H76N16O10. The molecule has 26 nitrogen and oxygen atoms in total. The van der Waals surface area contributed by atoms with E-state index in [1.165, 1.54) is 31.2 Å². The van der Waals surface area contributed by atoms with Gasteiger partial charge in [0.1, 0.15) is 48.0 Å². The molecule has 0 unspecified atom stereocenters. The van der Waals surface area contributed by atoms with Crippen LogP contribution in [-0.4, -0.2) is 132 Å². The molecule has 0 aliphatic heterocycles. The third-order valence-corrected chi connectivity index (χ3v) is 10.5. The predicted molar refractivity (Wildman–Crippen MR) is 261 cm³/mol. The Hall–Kier alpha value is -7.25. The average Bonchev–Trinajstić information content (AvgIpc) is 3.26. The summed E-state index contributed by atoms with van der Waals surface area (Å²) in [5.41, 5.74) is 38.8. The maximum Gasteiger partial charge on any atom is 0.243 e. The van der Waals surface area contributed by atoms with Crippen molar-refractivity contribution in [3.8, 4) is 5.75 Å². The van der Waals surface area contributed by atoms with E-state index in [1.807, 2.05) is 0 Å². The summed E-state index contributed by atoms with van der Waals surface area (Å²) < 4.78 is 0. The predicted octanol–water partition coefficient (Wildman–Crippen LogP) is -4.35. The van der Waals surface area contributed by atoms with Crippen molar-refractivity contribution < 1.29 is 48.3 Å². The van der Waals surface area contributed by atoms with Gasteiger partial charge in [-0.1, -0.05) is 39.8 Å². The molecule has 392 valence electrons. The number of hydrogen-bond donors (Lipinski definition) is 15. The number of unbranched alkanes of at least 4 members (excludes halogenated alkanes) is 1. The molecule has 0 bridgehead atoms. The number of carbonyl (C=O) groups excluding carboxylic acids is 9. The van der Waals surface area contributed by atoms with E-state index in [0.717, 1.165) is 0 Å². The Kier molecular flexibility index (Phi) is 27.5. The van der Waals surface area contributed by atoms with Gasteiger partial charge in [0.15, 0.2) is 11.9 Å². The summed E-state index contributed by atoms with van der Waals surface area (Å²) in [7, 11) is 0. The molecule has 0 heterocycles. The molecule has 1 aromatic rings. The highest BCUT2D eigenvalue weighted by molar-refractivity contribution is 5.98. The number of nitrogens with one attached hydrogen (secondary N) is 7. The summed E-state index contributed by atoms with van der Waals surface area (Å²) in [6.45, 7) is 8.53. The van der Waals surface area contributed by atoms with Crippen LogP contribution in [0.2, 0.25) is 0 Å². The number of primary amides is 2. The Morgan fingerprint density at radius 2 is 0.986 bits per heavy atom. The van der Waals surface area contributed by atoms with Crippen LogP contribution in [0.3, 0.4) is 0 Å². The molecule has 1 rings (SSSR count). The lowest BCUT2D eigenvalue weighted by atomic mass is 9.98. The van der Waals surface area contributed by atoms with Crippen LogP contribution < -0.4 is 77.4 Å². The van der Waals surface area contributed by atoms with Crippen molar-refractivity contribution in [1.29, 1.82) is 0 Å². The van der Waals surface area contributed by atoms with Crippen molar-refractivity contribution in [2.24, 2.45) is 62.0 Å². The van der Waals surface area contributed by atoms with E-state index >= 15 is 0 Å². The highest BCUT2D eigenvalue weighted by atomic mass is 16.3. The van der Waals surface area contributed by atoms with Crippen molar-refractivity contribution in [3.05, 3.63) is 29.8 Å². The minimum Gasteiger partial charge on any atom is -0.508 e. The van der Waals surface area contributed by atoms with Crippen LogP contribution in [0.15, 0.2) is 34.3 Å². The quantitative estimate of drug-likeness (QED) is 0.0180. The van der Waals surface area contributed by atoms with Crippen molar-refractivity contribution >= 4 is 65.1 Å². The van der Waals surface area contributed by atoms with Gasteiger partial charge in [0.25, 0.3) is 0 Å². The van der Waals surface area contributed by atoms with Crippen LogP contribution in [-0.2, 0) is 49.6 Å². The van der Waals surface area contributed by atoms with E-state index < -0.39 is 108 Å². The largest absolute Gasteiger partial charge is 0.508 e. The highest BCUT2D eigenvalue weighted by Gasteiger charge is 2.35. The summed E-state index contributed by atoms with van der Waals surface area (Å²) in [6.07, 6.45) is 0.841. The number of aliphatic imine (C=N–C) groups is 2. The third-order valence-electron chi connectivity index (χ3n) is 10.5. The van der Waals surface area contributed by atoms with E-state index in [4.69, 9.17) is 40.1 Å². The number of rotatable bonds is 33. The van der Waals surface area contributed by atoms with E-state index in [0.29, 0.717) is 24.9 Å². The van der Waals surface area contributed by atoms with Gasteiger partial charge in [-0.25, -0.2) is 0 Å². The minimum absolute atomic E-state index is 0.0342. The standard InChI is InChI=1S/C44H76N16O10/c1-23(2)20-31(59-42(70)35(24(3)4)60-41(69)33(22-34(46)63)58-37(65)29(54-25(5)61)10-6-7-17-45)39(67)57-32(21-26-13-15-27(62)16-14-26)40(68)56-30(12-9-19-53-44(50)51)38(66)55-28(36(47)64)11-8-18-52-43(48)49/h13-16,23-24,28-33,35,62H,6-12,17-22,45H2,1-5H3,(H2,46,63)(H2,47,64)(H,54,61)(H,55,66)(H,56,68)(H,57,67)(H,58,65)(H,59,70)(H,60,69)(H4,48,49,52)(H4,50,51,53)/t28-,29-,30-,31-,32-,33-,35-/m0/s1. The first-order valence-corrected chi connectivity index (χ1v) is 23.1. The number of guanidine groups is 2. The second kappa shape index (κ2) is 31.7. The third kappa shape index (κ3) is 24.7. The zero-order valence-electron chi connectivity index (χ0n) is 40.8. The van der Waals surface area contributed by atoms with Gasteiger partial charge in [-0.15, -0.1) is 0 Å². The number of aromatic hydroxyl groups is 1. The first-order valence-electron chi connectivity index (χ1n) is 23.1. The molecule has 70 heavy (non-hydrogen) atoms. The summed E-state index contributed by atoms with van der Waals surface area (Å²) >= 11 is 0. The Balaban J connectivity index is 3.54. The lowest BCUT2D eigenvalue weighted by molar-refractivity contribution is -0.137. The molecule has 9 amide bonds. The zero-order valence-corrected chi connectivity index (χ0v) is 40.8. The van der Waals surface area contributed by atoms with Crippen LogP contribution in [0.4, 0.5) is 0 Å². The molecule has 1 aromatic carbocycles. The van der Waals surface area contributed by atoms with Gasteiger partial charge >= 0.3 is 0 Å². The fraction of sp³-hybridized carbons (Fsp3) is 0.614. The maximum atomic E-state index is 14.3. The summed E-state index contributed by atoms with van der Waals surface area (Å²) in [4.78, 5) is 128. The highest BCUT2D eigenvalue weighted by Crippen LogP contribution is 2.14. The van der Waals surface area contributed by atoms with E-state index in [-0.39, 0.29) is 81.6 Å². The fourth-order valence-corrected chi connectivity index (χ4v) is 6.90. The minimum atomic E-state index is -1.56. The normalized spacial score (nSPS) is 13.9. The lowest BCUT2D eigenvalue weighted by Crippen LogP contribution is -2.61. The Labute approximate surface area is 408 Å². The number of nitrogens with two attached hydrogens (primary N) is 7. The summed E-state index contributed by atoms with van der Waals surface area (Å²) in [5.74, 6) is -8.65. The maximum absolute atomic E-state index is 14.3. The molecule has 26 heteroatoms. The van der Waals surface area contributed by atoms with Crippen LogP contribution in [0.1, 0.15) is 98.0 Å². The summed E-state index contributed by atoms with van der Waals surface area (Å²) in [6, 6.07) is -3.45. The second-order valence-corrected chi connectivity index (χ2v) is 17.5. The van der Waals surface area contributed by atoms with Crippen molar-refractivity contribution in [1.82, 2.24) is 37.2 Å². The SMILES string of the molecule is CC(=O)N[C@@H](CCCCN)C(=O)N[C@@H](CC(N)=O)C(=O)N[C@H](C(=O)N[C@@H](CC(C)C)C(=O)N[C@@H](Cc1ccc(O)cc1)C(=O)N[C@@H](CCCN=C(N)N)C(=O)N[C@@H](CCCN=C(N)N)C(N)=O)C(C)C. The Morgan fingerprint density at radius 3 is 1.47 bits per heavy atom. The van der Waals surface area contributed by atoms with Gasteiger partial charge in [0, 0.05) is 26.4 Å². The monoisotopic (exact) mass is 989 g/mol. The topological polar surface area (TPSA) is 465 Å². The fourth-order valence-electron chi connectivity index (χ4n) is 6.90. The summed E-state index contributed by atoms with van der Waals surface area (Å²) in [5, 5.41) is 28.0. The number of hydrogen-bond acceptors (Lipinski definition) is 13. The first-order chi connectivity index (χ1) is 32.8. The van der Waals surface area contributed by atoms with Gasteiger partial charge in [-0.2, -0.15) is 0 Å². The molecule has 22 N–H and O–H groups in total. The molecular weight excluding hydrogens is 913 g/mol. The van der Waals surface area contributed by atoms with Crippen molar-refractivity contribution in [3.63, 3.8) is 0 Å². The number of amides is 9. The Morgan fingerprint density at radius 1 is 0.543 bits per heavy atom. The van der Waals surface area contributed by atoms with Gasteiger partial charge in [-0.3, -0.25) is 53.1 Å². The van der Waals surface area contributed by atoms with E-state index in [2.05, 4.69) is 47.2 Å². The van der Waals surface area contributed by atoms with E-state index in [1.54, 1.807) is 27.7 Å². The van der Waals surface area contributed by atoms with Crippen LogP contribution in [0.25, 0.3) is 0 Å². The molecule has 0 aliphatic rings. The number of phenols is 1. The molecule has 0 aliphatic carbocycles. The average molecular weight is 989 g/mol. The van der Waals surface area contributed by atoms with Crippen molar-refractivity contribution in [2.45, 2.75) is 141 Å². The van der Waals surface area contributed by atoms with Gasteiger partial charge in [0.05, 0.1) is 6.42 Å². The van der Waals surface area contributed by atoms with Crippen molar-refractivity contribution in [2.75, 3.05) is 19.6 Å². The van der Waals surface area contributed by atoms with Crippen LogP contribution in [0, 0.1) is 11.8 Å². The van der Waals surface area contributed by atoms with Gasteiger partial charge in [-0.05, 0) is 87.4 Å². The number of carbonyl (C=O) groups is 9. The molecule has 0 fully saturated rings. The van der Waals surface area contributed by atoms with Gasteiger partial charge < -0.3 is 82.5 Å².